The van der Waals surface area contributed by atoms with Crippen molar-refractivity contribution in [1.82, 2.24) is 0 Å². The molecule has 1 aliphatic heterocycles. The summed E-state index contributed by atoms with van der Waals surface area (Å²) in [5.74, 6) is -0.821. The third kappa shape index (κ3) is 24.9. The Morgan fingerprint density at radius 1 is 0.608 bits per heavy atom. The Balaban J connectivity index is 2.39. The first-order chi connectivity index (χ1) is 24.8. The molecular formula is C41H74O10. The first-order valence-electron chi connectivity index (χ1n) is 20.4. The van der Waals surface area contributed by atoms with Gasteiger partial charge in [-0.25, -0.2) is 0 Å². The van der Waals surface area contributed by atoms with E-state index in [0.29, 0.717) is 6.42 Å². The van der Waals surface area contributed by atoms with Crippen molar-refractivity contribution in [1.29, 1.82) is 0 Å². The standard InChI is InChI=1S/C41H74O10/c1-3-5-7-9-11-13-15-16-17-18-20-22-24-26-28-30-37(44)50-34(33-49-41-40(47)39(46)38(45)35(31-42)51-41)32-48-36(43)29-27-25-23-21-19-14-12-10-8-6-4-2/h11,13,16-17,34-35,38-42,45-47H,3-10,12,14-15,18-33H2,1-2H3/b13-11-,17-16-/t34-,35-,38+,39+,40-,41-/m1/s1. The molecule has 0 spiro atoms. The topological polar surface area (TPSA) is 152 Å². The maximum atomic E-state index is 12.7. The predicted octanol–water partition coefficient (Wildman–Crippen LogP) is 7.77. The van der Waals surface area contributed by atoms with Gasteiger partial charge in [0.25, 0.3) is 0 Å². The lowest BCUT2D eigenvalue weighted by Crippen LogP contribution is -2.59. The SMILES string of the molecule is CCCCC/C=C\C/C=C\CCCCCCCC(=O)O[C@H](COC(=O)CCCCCCCCCCCCC)CO[C@@H]1O[C@H](CO)[C@H](O)[C@H](O)[C@H]1O. The fourth-order valence-electron chi connectivity index (χ4n) is 6.04. The Hall–Kier alpha value is -1.82. The highest BCUT2D eigenvalue weighted by atomic mass is 16.7. The summed E-state index contributed by atoms with van der Waals surface area (Å²) in [4.78, 5) is 25.2. The van der Waals surface area contributed by atoms with Crippen LogP contribution in [0, 0.1) is 0 Å². The molecule has 4 N–H and O–H groups in total. The first kappa shape index (κ1) is 47.2. The second-order valence-electron chi connectivity index (χ2n) is 14.1. The number of carbonyl (C=O) groups excluding carboxylic acids is 2. The monoisotopic (exact) mass is 727 g/mol. The van der Waals surface area contributed by atoms with Crippen LogP contribution in [0.2, 0.25) is 0 Å². The highest BCUT2D eigenvalue weighted by Crippen LogP contribution is 2.22. The molecule has 6 atom stereocenters. The molecule has 0 aliphatic carbocycles. The molecule has 0 amide bonds. The van der Waals surface area contributed by atoms with Crippen molar-refractivity contribution in [3.8, 4) is 0 Å². The molecule has 1 heterocycles. The zero-order valence-electron chi connectivity index (χ0n) is 32.1. The number of esters is 2. The fraction of sp³-hybridized carbons (Fsp3) is 0.854. The molecule has 0 aromatic heterocycles. The van der Waals surface area contributed by atoms with E-state index in [9.17, 15) is 30.0 Å². The minimum Gasteiger partial charge on any atom is -0.462 e. The number of aliphatic hydroxyl groups excluding tert-OH is 4. The summed E-state index contributed by atoms with van der Waals surface area (Å²) in [7, 11) is 0. The van der Waals surface area contributed by atoms with E-state index in [1.165, 1.54) is 77.0 Å². The maximum Gasteiger partial charge on any atom is 0.306 e. The lowest BCUT2D eigenvalue weighted by molar-refractivity contribution is -0.305. The Labute approximate surface area is 309 Å². The highest BCUT2D eigenvalue weighted by molar-refractivity contribution is 5.70. The van der Waals surface area contributed by atoms with E-state index >= 15 is 0 Å². The van der Waals surface area contributed by atoms with Crippen LogP contribution in [0.5, 0.6) is 0 Å². The van der Waals surface area contributed by atoms with Crippen LogP contribution in [0.1, 0.15) is 168 Å². The molecule has 0 unspecified atom stereocenters. The van der Waals surface area contributed by atoms with Gasteiger partial charge in [-0.3, -0.25) is 9.59 Å². The lowest BCUT2D eigenvalue weighted by atomic mass is 9.99. The third-order valence-electron chi connectivity index (χ3n) is 9.34. The van der Waals surface area contributed by atoms with Gasteiger partial charge in [-0.15, -0.1) is 0 Å². The number of ether oxygens (including phenoxy) is 4. The zero-order chi connectivity index (χ0) is 37.4. The number of carbonyl (C=O) groups is 2. The summed E-state index contributed by atoms with van der Waals surface area (Å²) in [6.07, 6.45) is 26.1. The smallest absolute Gasteiger partial charge is 0.306 e. The summed E-state index contributed by atoms with van der Waals surface area (Å²) >= 11 is 0. The Kier molecular flexibility index (Phi) is 30.4. The van der Waals surface area contributed by atoms with Crippen molar-refractivity contribution < 1.29 is 49.0 Å². The number of rotatable bonds is 33. The average Bonchev–Trinajstić information content (AvgIpc) is 3.13. The van der Waals surface area contributed by atoms with Crippen molar-refractivity contribution >= 4 is 11.9 Å². The number of hydrogen-bond donors (Lipinski definition) is 4. The molecule has 0 radical (unpaired) electrons. The quantitative estimate of drug-likeness (QED) is 0.0300. The van der Waals surface area contributed by atoms with Crippen molar-refractivity contribution in [2.24, 2.45) is 0 Å². The van der Waals surface area contributed by atoms with Crippen molar-refractivity contribution in [3.05, 3.63) is 24.3 Å². The molecule has 0 aromatic carbocycles. The van der Waals surface area contributed by atoms with Crippen LogP contribution < -0.4 is 0 Å². The van der Waals surface area contributed by atoms with E-state index < -0.39 is 49.4 Å². The molecule has 0 bridgehead atoms. The minimum atomic E-state index is -1.59. The summed E-state index contributed by atoms with van der Waals surface area (Å²) in [5, 5.41) is 39.9. The maximum absolute atomic E-state index is 12.7. The van der Waals surface area contributed by atoms with Gasteiger partial charge in [0.2, 0.25) is 0 Å². The van der Waals surface area contributed by atoms with Crippen molar-refractivity contribution in [2.45, 2.75) is 205 Å². The molecule has 0 aromatic rings. The highest BCUT2D eigenvalue weighted by Gasteiger charge is 2.44. The van der Waals surface area contributed by atoms with Gasteiger partial charge in [0.1, 0.15) is 31.0 Å². The fourth-order valence-corrected chi connectivity index (χ4v) is 6.04. The molecule has 0 saturated carbocycles. The van der Waals surface area contributed by atoms with Crippen LogP contribution in [0.15, 0.2) is 24.3 Å². The average molecular weight is 727 g/mol. The first-order valence-corrected chi connectivity index (χ1v) is 20.4. The number of aliphatic hydroxyl groups is 4. The molecule has 1 aliphatic rings. The molecule has 1 rings (SSSR count). The van der Waals surface area contributed by atoms with E-state index in [1.807, 2.05) is 0 Å². The van der Waals surface area contributed by atoms with Crippen LogP contribution >= 0.6 is 0 Å². The zero-order valence-corrected chi connectivity index (χ0v) is 32.1. The summed E-state index contributed by atoms with van der Waals surface area (Å²) in [6, 6.07) is 0. The van der Waals surface area contributed by atoms with Gasteiger partial charge in [-0.05, 0) is 44.9 Å². The van der Waals surface area contributed by atoms with Gasteiger partial charge >= 0.3 is 11.9 Å². The molecule has 10 heteroatoms. The van der Waals surface area contributed by atoms with Gasteiger partial charge in [0.15, 0.2) is 12.4 Å². The summed E-state index contributed by atoms with van der Waals surface area (Å²) < 4.78 is 22.1. The Morgan fingerprint density at radius 3 is 1.67 bits per heavy atom. The largest absolute Gasteiger partial charge is 0.462 e. The van der Waals surface area contributed by atoms with Gasteiger partial charge < -0.3 is 39.4 Å². The van der Waals surface area contributed by atoms with Crippen LogP contribution in [0.3, 0.4) is 0 Å². The van der Waals surface area contributed by atoms with E-state index in [-0.39, 0.29) is 32.0 Å². The molecule has 1 saturated heterocycles. The minimum absolute atomic E-state index is 0.216. The van der Waals surface area contributed by atoms with Crippen LogP contribution in [-0.4, -0.2) is 89.0 Å². The molecular weight excluding hydrogens is 652 g/mol. The third-order valence-corrected chi connectivity index (χ3v) is 9.34. The van der Waals surface area contributed by atoms with Crippen LogP contribution in [0.25, 0.3) is 0 Å². The molecule has 10 nitrogen and oxygen atoms in total. The second kappa shape index (κ2) is 32.8. The van der Waals surface area contributed by atoms with E-state index in [4.69, 9.17) is 18.9 Å². The molecule has 1 fully saturated rings. The van der Waals surface area contributed by atoms with E-state index in [1.54, 1.807) is 0 Å². The summed E-state index contributed by atoms with van der Waals surface area (Å²) in [5.41, 5.74) is 0. The van der Waals surface area contributed by atoms with E-state index in [2.05, 4.69) is 38.2 Å². The molecule has 298 valence electrons. The van der Waals surface area contributed by atoms with Crippen LogP contribution in [0.4, 0.5) is 0 Å². The van der Waals surface area contributed by atoms with Gasteiger partial charge in [0.05, 0.1) is 13.2 Å². The van der Waals surface area contributed by atoms with Crippen molar-refractivity contribution in [3.63, 3.8) is 0 Å². The predicted molar refractivity (Wildman–Crippen MR) is 201 cm³/mol. The van der Waals surface area contributed by atoms with Crippen molar-refractivity contribution in [2.75, 3.05) is 19.8 Å². The van der Waals surface area contributed by atoms with Gasteiger partial charge in [-0.2, -0.15) is 0 Å². The van der Waals surface area contributed by atoms with Gasteiger partial charge in [-0.1, -0.05) is 134 Å². The number of unbranched alkanes of at least 4 members (excludes halogenated alkanes) is 18. The lowest BCUT2D eigenvalue weighted by Gasteiger charge is -2.39. The summed E-state index contributed by atoms with van der Waals surface area (Å²) in [6.45, 7) is 3.36. The second-order valence-corrected chi connectivity index (χ2v) is 14.1. The Bertz CT molecular complexity index is 892. The van der Waals surface area contributed by atoms with Gasteiger partial charge in [0, 0.05) is 12.8 Å². The Morgan fingerprint density at radius 2 is 1.10 bits per heavy atom. The number of allylic oxidation sites excluding steroid dienone is 4. The van der Waals surface area contributed by atoms with E-state index in [0.717, 1.165) is 57.8 Å². The van der Waals surface area contributed by atoms with Crippen LogP contribution in [-0.2, 0) is 28.5 Å². The number of hydrogen-bond acceptors (Lipinski definition) is 10. The molecule has 51 heavy (non-hydrogen) atoms. The normalized spacial score (nSPS) is 21.4.